The van der Waals surface area contributed by atoms with Gasteiger partial charge >= 0.3 is 0 Å². The maximum Gasteiger partial charge on any atom is 0.255 e. The summed E-state index contributed by atoms with van der Waals surface area (Å²) in [6.07, 6.45) is 2.18. The summed E-state index contributed by atoms with van der Waals surface area (Å²) in [5.74, 6) is 0.860. The van der Waals surface area contributed by atoms with E-state index >= 15 is 0 Å². The molecule has 1 aliphatic carbocycles. The van der Waals surface area contributed by atoms with E-state index in [9.17, 15) is 4.79 Å². The average Bonchev–Trinajstić information content (AvgIpc) is 3.35. The molecule has 4 nitrogen and oxygen atoms in total. The normalized spacial score (nSPS) is 14.1. The van der Waals surface area contributed by atoms with Crippen LogP contribution in [0.3, 0.4) is 0 Å². The van der Waals surface area contributed by atoms with Crippen molar-refractivity contribution in [3.63, 3.8) is 0 Å². The van der Waals surface area contributed by atoms with E-state index in [1.165, 1.54) is 0 Å². The van der Waals surface area contributed by atoms with Crippen LogP contribution in [0.25, 0.3) is 11.3 Å². The second kappa shape index (κ2) is 6.36. The van der Waals surface area contributed by atoms with Gasteiger partial charge in [0, 0.05) is 18.2 Å². The van der Waals surface area contributed by atoms with Crippen molar-refractivity contribution in [2.24, 2.45) is 0 Å². The predicted molar refractivity (Wildman–Crippen MR) is 88.3 cm³/mol. The van der Waals surface area contributed by atoms with Crippen molar-refractivity contribution in [1.82, 2.24) is 9.88 Å². The lowest BCUT2D eigenvalue weighted by Crippen LogP contribution is -2.26. The van der Waals surface area contributed by atoms with Crippen LogP contribution in [0, 0.1) is 0 Å². The highest BCUT2D eigenvalue weighted by atomic mass is 16.5. The van der Waals surface area contributed by atoms with Crippen molar-refractivity contribution >= 4 is 0 Å². The van der Waals surface area contributed by atoms with Crippen LogP contribution >= 0.6 is 0 Å². The highest BCUT2D eigenvalue weighted by molar-refractivity contribution is 5.61. The van der Waals surface area contributed by atoms with Crippen LogP contribution in [0.15, 0.2) is 41.2 Å². The quantitative estimate of drug-likeness (QED) is 0.891. The average molecular weight is 298 g/mol. The van der Waals surface area contributed by atoms with E-state index in [0.717, 1.165) is 35.4 Å². The summed E-state index contributed by atoms with van der Waals surface area (Å²) in [5, 5.41) is 3.06. The number of hydrogen-bond acceptors (Lipinski definition) is 3. The molecule has 22 heavy (non-hydrogen) atoms. The van der Waals surface area contributed by atoms with Crippen molar-refractivity contribution in [2.45, 2.75) is 32.4 Å². The molecule has 0 amide bonds. The maximum absolute atomic E-state index is 12.7. The third-order valence-electron chi connectivity index (χ3n) is 3.94. The lowest BCUT2D eigenvalue weighted by atomic mass is 10.1. The molecule has 2 aromatic rings. The van der Waals surface area contributed by atoms with Crippen molar-refractivity contribution in [3.05, 3.63) is 52.3 Å². The lowest BCUT2D eigenvalue weighted by molar-refractivity contribution is 0.340. The molecule has 0 aliphatic heterocycles. The first kappa shape index (κ1) is 14.9. The van der Waals surface area contributed by atoms with Crippen LogP contribution in [-0.2, 0) is 6.54 Å². The van der Waals surface area contributed by atoms with Crippen LogP contribution in [0.2, 0.25) is 0 Å². The molecule has 0 bridgehead atoms. The highest BCUT2D eigenvalue weighted by Crippen LogP contribution is 2.37. The number of nitrogens with one attached hydrogen (secondary N) is 1. The molecule has 0 saturated heterocycles. The minimum atomic E-state index is 0.128. The Balaban J connectivity index is 2.02. The van der Waals surface area contributed by atoms with Crippen LogP contribution in [0.4, 0.5) is 0 Å². The molecule has 116 valence electrons. The van der Waals surface area contributed by atoms with E-state index in [1.807, 2.05) is 48.9 Å². The summed E-state index contributed by atoms with van der Waals surface area (Å²) in [4.78, 5) is 12.7. The van der Waals surface area contributed by atoms with Crippen LogP contribution < -0.4 is 15.6 Å². The molecule has 1 aromatic heterocycles. The first-order valence-electron chi connectivity index (χ1n) is 7.87. The number of aromatic nitrogens is 1. The Kier molecular flexibility index (Phi) is 4.29. The smallest absolute Gasteiger partial charge is 0.255 e. The summed E-state index contributed by atoms with van der Waals surface area (Å²) >= 11 is 0. The van der Waals surface area contributed by atoms with Gasteiger partial charge < -0.3 is 14.6 Å². The SMILES string of the molecule is CCOc1ccc(-c2ccc(CNC)c(=O)n2C2CC2)cc1. The van der Waals surface area contributed by atoms with Crippen LogP contribution in [0.1, 0.15) is 31.4 Å². The van der Waals surface area contributed by atoms with E-state index in [2.05, 4.69) is 11.4 Å². The fourth-order valence-electron chi connectivity index (χ4n) is 2.74. The summed E-state index contributed by atoms with van der Waals surface area (Å²) in [7, 11) is 1.86. The Morgan fingerprint density at radius 3 is 2.50 bits per heavy atom. The molecule has 4 heteroatoms. The molecule has 1 saturated carbocycles. The highest BCUT2D eigenvalue weighted by Gasteiger charge is 2.27. The monoisotopic (exact) mass is 298 g/mol. The lowest BCUT2D eigenvalue weighted by Gasteiger charge is -2.14. The van der Waals surface area contributed by atoms with Gasteiger partial charge in [0.15, 0.2) is 0 Å². The minimum absolute atomic E-state index is 0.128. The van der Waals surface area contributed by atoms with E-state index < -0.39 is 0 Å². The zero-order valence-corrected chi connectivity index (χ0v) is 13.1. The Hall–Kier alpha value is -2.07. The molecular weight excluding hydrogens is 276 g/mol. The number of ether oxygens (including phenoxy) is 1. The van der Waals surface area contributed by atoms with Gasteiger partial charge in [-0.2, -0.15) is 0 Å². The predicted octanol–water partition coefficient (Wildman–Crippen LogP) is 2.97. The van der Waals surface area contributed by atoms with Gasteiger partial charge in [-0.1, -0.05) is 6.07 Å². The van der Waals surface area contributed by atoms with Gasteiger partial charge in [0.1, 0.15) is 5.75 Å². The number of pyridine rings is 1. The molecule has 0 spiro atoms. The zero-order valence-electron chi connectivity index (χ0n) is 13.1. The number of hydrogen-bond donors (Lipinski definition) is 1. The van der Waals surface area contributed by atoms with Gasteiger partial charge in [-0.3, -0.25) is 4.79 Å². The molecule has 1 aliphatic rings. The molecular formula is C18H22N2O2. The molecule has 1 heterocycles. The summed E-state index contributed by atoms with van der Waals surface area (Å²) in [6.45, 7) is 3.24. The molecule has 1 fully saturated rings. The van der Waals surface area contributed by atoms with Gasteiger partial charge in [-0.15, -0.1) is 0 Å². The minimum Gasteiger partial charge on any atom is -0.494 e. The molecule has 1 aromatic carbocycles. The Morgan fingerprint density at radius 2 is 1.91 bits per heavy atom. The number of benzene rings is 1. The van der Waals surface area contributed by atoms with Crippen molar-refractivity contribution < 1.29 is 4.74 Å². The fraction of sp³-hybridized carbons (Fsp3) is 0.389. The van der Waals surface area contributed by atoms with Gasteiger partial charge in [-0.25, -0.2) is 0 Å². The molecule has 0 radical (unpaired) electrons. The Labute approximate surface area is 130 Å². The van der Waals surface area contributed by atoms with Crippen LogP contribution in [0.5, 0.6) is 5.75 Å². The first-order valence-corrected chi connectivity index (χ1v) is 7.87. The topological polar surface area (TPSA) is 43.3 Å². The Bertz CT molecular complexity index is 700. The molecule has 3 rings (SSSR count). The van der Waals surface area contributed by atoms with Crippen molar-refractivity contribution in [2.75, 3.05) is 13.7 Å². The summed E-state index contributed by atoms with van der Waals surface area (Å²) < 4.78 is 7.45. The summed E-state index contributed by atoms with van der Waals surface area (Å²) in [6, 6.07) is 12.3. The van der Waals surface area contributed by atoms with Gasteiger partial charge in [0.2, 0.25) is 0 Å². The van der Waals surface area contributed by atoms with E-state index in [-0.39, 0.29) is 5.56 Å². The number of nitrogens with zero attached hydrogens (tertiary/aromatic N) is 1. The molecule has 0 unspecified atom stereocenters. The Morgan fingerprint density at radius 1 is 1.18 bits per heavy atom. The molecule has 0 atom stereocenters. The van der Waals surface area contributed by atoms with Gasteiger partial charge in [0.25, 0.3) is 5.56 Å². The largest absolute Gasteiger partial charge is 0.494 e. The van der Waals surface area contributed by atoms with E-state index in [1.54, 1.807) is 0 Å². The first-order chi connectivity index (χ1) is 10.7. The molecule has 1 N–H and O–H groups in total. The zero-order chi connectivity index (χ0) is 15.5. The third-order valence-corrected chi connectivity index (χ3v) is 3.94. The van der Waals surface area contributed by atoms with Gasteiger partial charge in [-0.05, 0) is 62.7 Å². The fourth-order valence-corrected chi connectivity index (χ4v) is 2.74. The maximum atomic E-state index is 12.7. The summed E-state index contributed by atoms with van der Waals surface area (Å²) in [5.41, 5.74) is 3.01. The van der Waals surface area contributed by atoms with E-state index in [0.29, 0.717) is 19.2 Å². The van der Waals surface area contributed by atoms with Gasteiger partial charge in [0.05, 0.1) is 12.3 Å². The second-order valence-electron chi connectivity index (χ2n) is 5.64. The van der Waals surface area contributed by atoms with E-state index in [4.69, 9.17) is 4.74 Å². The van der Waals surface area contributed by atoms with Crippen molar-refractivity contribution in [3.8, 4) is 17.0 Å². The standard InChI is InChI=1S/C18H22N2O2/c1-3-22-16-9-4-13(5-10-16)17-11-6-14(12-19-2)18(21)20(17)15-7-8-15/h4-6,9-11,15,19H,3,7-8,12H2,1-2H3. The van der Waals surface area contributed by atoms with Crippen LogP contribution in [-0.4, -0.2) is 18.2 Å². The second-order valence-corrected chi connectivity index (χ2v) is 5.64. The van der Waals surface area contributed by atoms with Crippen molar-refractivity contribution in [1.29, 1.82) is 0 Å². The number of rotatable bonds is 6. The third kappa shape index (κ3) is 2.92.